The van der Waals surface area contributed by atoms with Crippen LogP contribution in [0, 0.1) is 13.8 Å². The van der Waals surface area contributed by atoms with Crippen molar-refractivity contribution in [2.24, 2.45) is 0 Å². The summed E-state index contributed by atoms with van der Waals surface area (Å²) in [5.41, 5.74) is 5.03. The summed E-state index contributed by atoms with van der Waals surface area (Å²) in [4.78, 5) is 17.1. The van der Waals surface area contributed by atoms with Crippen LogP contribution >= 0.6 is 11.8 Å². The van der Waals surface area contributed by atoms with E-state index < -0.39 is 0 Å². The summed E-state index contributed by atoms with van der Waals surface area (Å²) in [6.07, 6.45) is 0.997. The van der Waals surface area contributed by atoms with Crippen molar-refractivity contribution in [3.63, 3.8) is 0 Å². The topological polar surface area (TPSA) is 70.2 Å². The van der Waals surface area contributed by atoms with Gasteiger partial charge < -0.3 is 13.8 Å². The number of hydrogen-bond donors (Lipinski definition) is 0. The van der Waals surface area contributed by atoms with E-state index in [-0.39, 0.29) is 5.78 Å². The van der Waals surface area contributed by atoms with Crippen molar-refractivity contribution in [2.75, 3.05) is 19.5 Å². The van der Waals surface area contributed by atoms with Crippen LogP contribution < -0.4 is 0 Å². The number of rotatable bonds is 10. The van der Waals surface area contributed by atoms with Gasteiger partial charge in [0.25, 0.3) is 0 Å². The molecule has 6 nitrogen and oxygen atoms in total. The zero-order valence-electron chi connectivity index (χ0n) is 17.4. The van der Waals surface area contributed by atoms with Crippen molar-refractivity contribution in [1.82, 2.24) is 14.7 Å². The van der Waals surface area contributed by atoms with Crippen molar-refractivity contribution in [1.29, 1.82) is 0 Å². The molecule has 0 unspecified atom stereocenters. The molecule has 0 aliphatic rings. The Hall–Kier alpha value is -2.38. The van der Waals surface area contributed by atoms with Gasteiger partial charge in [-0.3, -0.25) is 4.79 Å². The van der Waals surface area contributed by atoms with Gasteiger partial charge in [0, 0.05) is 36.2 Å². The molecular weight excluding hydrogens is 386 g/mol. The fourth-order valence-corrected chi connectivity index (χ4v) is 3.97. The van der Waals surface area contributed by atoms with Crippen molar-refractivity contribution >= 4 is 17.5 Å². The molecule has 0 spiro atoms. The van der Waals surface area contributed by atoms with Crippen LogP contribution in [0.15, 0.2) is 34.9 Å². The number of aromatic nitrogens is 3. The molecule has 3 aromatic rings. The minimum absolute atomic E-state index is 0.113. The first-order chi connectivity index (χ1) is 14.0. The first-order valence-corrected chi connectivity index (χ1v) is 10.9. The molecule has 0 aliphatic heterocycles. The summed E-state index contributed by atoms with van der Waals surface area (Å²) in [5, 5.41) is 4.06. The van der Waals surface area contributed by atoms with Gasteiger partial charge in [-0.05, 0) is 31.9 Å². The largest absolute Gasteiger partial charge is 0.383 e. The molecule has 0 aliphatic carbocycles. The molecule has 0 N–H and O–H groups in total. The predicted molar refractivity (Wildman–Crippen MR) is 115 cm³/mol. The van der Waals surface area contributed by atoms with Gasteiger partial charge >= 0.3 is 0 Å². The average molecular weight is 414 g/mol. The fourth-order valence-electron chi connectivity index (χ4n) is 3.24. The fraction of sp³-hybridized carbons (Fsp3) is 0.409. The molecule has 2 aromatic heterocycles. The number of hydrogen-bond acceptors (Lipinski definition) is 6. The van der Waals surface area contributed by atoms with Gasteiger partial charge in [-0.15, -0.1) is 11.8 Å². The smallest absolute Gasteiger partial charge is 0.236 e. The van der Waals surface area contributed by atoms with Gasteiger partial charge in [0.2, 0.25) is 11.7 Å². The molecule has 0 saturated heterocycles. The first kappa shape index (κ1) is 21.3. The number of thioether (sulfide) groups is 1. The van der Waals surface area contributed by atoms with Crippen molar-refractivity contribution < 1.29 is 14.1 Å². The summed E-state index contributed by atoms with van der Waals surface area (Å²) in [6, 6.07) is 10.1. The van der Waals surface area contributed by atoms with E-state index >= 15 is 0 Å². The number of nitrogens with zero attached hydrogens (tertiary/aromatic N) is 3. The van der Waals surface area contributed by atoms with Crippen molar-refractivity contribution in [2.45, 2.75) is 39.5 Å². The molecule has 0 amide bonds. The minimum Gasteiger partial charge on any atom is -0.383 e. The summed E-state index contributed by atoms with van der Waals surface area (Å²) in [6.45, 7) is 7.49. The summed E-state index contributed by atoms with van der Waals surface area (Å²) in [7, 11) is 1.68. The number of benzene rings is 1. The standard InChI is InChI=1S/C22H27N3O3S/c1-5-17-6-8-18(9-7-17)22-23-21(28-24-22)14-29-13-20(26)19-12-15(2)25(16(19)3)10-11-27-4/h6-9,12H,5,10-11,13-14H2,1-4H3. The van der Waals surface area contributed by atoms with Crippen LogP contribution in [0.25, 0.3) is 11.4 Å². The van der Waals surface area contributed by atoms with Gasteiger partial charge in [-0.2, -0.15) is 4.98 Å². The lowest BCUT2D eigenvalue weighted by molar-refractivity contribution is 0.102. The molecule has 1 aromatic carbocycles. The lowest BCUT2D eigenvalue weighted by Crippen LogP contribution is -2.09. The third-order valence-electron chi connectivity index (χ3n) is 4.94. The summed E-state index contributed by atoms with van der Waals surface area (Å²) >= 11 is 1.49. The second-order valence-corrected chi connectivity index (χ2v) is 7.89. The first-order valence-electron chi connectivity index (χ1n) is 9.72. The lowest BCUT2D eigenvalue weighted by Gasteiger charge is -2.08. The molecule has 29 heavy (non-hydrogen) atoms. The van der Waals surface area contributed by atoms with Gasteiger partial charge in [-0.25, -0.2) is 0 Å². The van der Waals surface area contributed by atoms with Crippen molar-refractivity contribution in [3.05, 3.63) is 58.7 Å². The molecule has 0 bridgehead atoms. The van der Waals surface area contributed by atoms with Crippen LogP contribution in [0.1, 0.15) is 40.1 Å². The maximum Gasteiger partial charge on any atom is 0.236 e. The average Bonchev–Trinajstić information content (AvgIpc) is 3.31. The van der Waals surface area contributed by atoms with Crippen LogP contribution in [0.5, 0.6) is 0 Å². The maximum absolute atomic E-state index is 12.7. The highest BCUT2D eigenvalue weighted by Gasteiger charge is 2.16. The maximum atomic E-state index is 12.7. The number of aryl methyl sites for hydroxylation is 2. The third-order valence-corrected chi connectivity index (χ3v) is 5.86. The van der Waals surface area contributed by atoms with E-state index in [0.717, 1.165) is 35.5 Å². The molecule has 3 rings (SSSR count). The molecule has 154 valence electrons. The van der Waals surface area contributed by atoms with E-state index in [0.29, 0.717) is 29.8 Å². The Morgan fingerprint density at radius 3 is 2.69 bits per heavy atom. The van der Waals surface area contributed by atoms with E-state index in [1.54, 1.807) is 7.11 Å². The number of Topliss-reactive ketones (excluding diaryl/α,β-unsaturated/α-hetero) is 1. The van der Waals surface area contributed by atoms with Crippen LogP contribution in [0.3, 0.4) is 0 Å². The highest BCUT2D eigenvalue weighted by atomic mass is 32.2. The van der Waals surface area contributed by atoms with E-state index in [4.69, 9.17) is 9.26 Å². The molecule has 0 atom stereocenters. The molecule has 0 radical (unpaired) electrons. The van der Waals surface area contributed by atoms with Crippen LogP contribution in [-0.4, -0.2) is 40.0 Å². The molecule has 2 heterocycles. The number of carbonyl (C=O) groups is 1. The Morgan fingerprint density at radius 2 is 2.00 bits per heavy atom. The molecule has 0 saturated carbocycles. The lowest BCUT2D eigenvalue weighted by atomic mass is 10.1. The number of methoxy groups -OCH3 is 1. The Morgan fingerprint density at radius 1 is 1.24 bits per heavy atom. The third kappa shape index (κ3) is 5.16. The Labute approximate surface area is 175 Å². The predicted octanol–water partition coefficient (Wildman–Crippen LogP) is 4.48. The number of ketones is 1. The Kier molecular flexibility index (Phi) is 7.28. The SMILES string of the molecule is CCc1ccc(-c2noc(CSCC(=O)c3cc(C)n(CCOC)c3C)n2)cc1. The van der Waals surface area contributed by atoms with Gasteiger partial charge in [0.1, 0.15) is 0 Å². The Bertz CT molecular complexity index is 960. The second kappa shape index (κ2) is 9.89. The van der Waals surface area contributed by atoms with Gasteiger partial charge in [0.15, 0.2) is 5.78 Å². The van der Waals surface area contributed by atoms with Crippen molar-refractivity contribution in [3.8, 4) is 11.4 Å². The van der Waals surface area contributed by atoms with E-state index in [1.807, 2.05) is 32.0 Å². The van der Waals surface area contributed by atoms with E-state index in [2.05, 4.69) is 33.8 Å². The van der Waals surface area contributed by atoms with Gasteiger partial charge in [0.05, 0.1) is 18.1 Å². The van der Waals surface area contributed by atoms with Crippen LogP contribution in [-0.2, 0) is 23.5 Å². The summed E-state index contributed by atoms with van der Waals surface area (Å²) in [5.74, 6) is 2.10. The van der Waals surface area contributed by atoms with Crippen LogP contribution in [0.2, 0.25) is 0 Å². The Balaban J connectivity index is 1.56. The number of ether oxygens (including phenoxy) is 1. The highest BCUT2D eigenvalue weighted by molar-refractivity contribution is 7.99. The minimum atomic E-state index is 0.113. The monoisotopic (exact) mass is 413 g/mol. The quantitative estimate of drug-likeness (QED) is 0.457. The zero-order valence-corrected chi connectivity index (χ0v) is 18.2. The van der Waals surface area contributed by atoms with E-state index in [9.17, 15) is 4.79 Å². The normalized spacial score (nSPS) is 11.2. The zero-order chi connectivity index (χ0) is 20.8. The van der Waals surface area contributed by atoms with E-state index in [1.165, 1.54) is 17.3 Å². The highest BCUT2D eigenvalue weighted by Crippen LogP contribution is 2.21. The van der Waals surface area contributed by atoms with Crippen LogP contribution in [0.4, 0.5) is 0 Å². The second-order valence-electron chi connectivity index (χ2n) is 6.91. The summed E-state index contributed by atoms with van der Waals surface area (Å²) < 4.78 is 12.6. The number of carbonyl (C=O) groups excluding carboxylic acids is 1. The van der Waals surface area contributed by atoms with Gasteiger partial charge in [-0.1, -0.05) is 36.3 Å². The molecule has 0 fully saturated rings. The molecular formula is C22H27N3O3S. The molecule has 7 heteroatoms.